The van der Waals surface area contributed by atoms with Crippen molar-refractivity contribution in [1.82, 2.24) is 0 Å². The van der Waals surface area contributed by atoms with Gasteiger partial charge < -0.3 is 18.9 Å². The molecule has 5 heteroatoms. The van der Waals surface area contributed by atoms with E-state index in [-0.39, 0.29) is 13.2 Å². The average Bonchev–Trinajstić information content (AvgIpc) is 2.60. The number of benzene rings is 1. The van der Waals surface area contributed by atoms with E-state index in [1.807, 2.05) is 42.8 Å². The van der Waals surface area contributed by atoms with Crippen LogP contribution in [0.1, 0.15) is 12.0 Å². The average molecular weight is 314 g/mol. The van der Waals surface area contributed by atoms with E-state index in [9.17, 15) is 5.26 Å². The number of para-hydroxylation sites is 1. The van der Waals surface area contributed by atoms with Crippen LogP contribution in [0.5, 0.6) is 11.5 Å². The van der Waals surface area contributed by atoms with E-state index in [4.69, 9.17) is 18.9 Å². The van der Waals surface area contributed by atoms with Crippen LogP contribution in [0.2, 0.25) is 0 Å². The molecule has 121 valence electrons. The monoisotopic (exact) mass is 314 g/mol. The first-order valence-electron chi connectivity index (χ1n) is 7.16. The lowest BCUT2D eigenvalue weighted by molar-refractivity contribution is 0.0479. The molecule has 1 unspecified atom stereocenters. The number of rotatable bonds is 7. The van der Waals surface area contributed by atoms with Gasteiger partial charge in [-0.1, -0.05) is 18.2 Å². The summed E-state index contributed by atoms with van der Waals surface area (Å²) in [6, 6.07) is 7.87. The molecule has 0 fully saturated rings. The summed E-state index contributed by atoms with van der Waals surface area (Å²) in [6.07, 6.45) is 7.88. The van der Waals surface area contributed by atoms with Gasteiger partial charge in [0.05, 0.1) is 20.3 Å². The van der Waals surface area contributed by atoms with E-state index in [1.54, 1.807) is 21.3 Å². The van der Waals surface area contributed by atoms with Crippen molar-refractivity contribution < 1.29 is 18.9 Å². The summed E-state index contributed by atoms with van der Waals surface area (Å²) in [6.45, 7) is 0.0961. The zero-order valence-electron chi connectivity index (χ0n) is 13.5. The smallest absolute Gasteiger partial charge is 0.188 e. The molecule has 1 aromatic rings. The number of nitrogens with zero attached hydrogens (tertiary/aromatic N) is 1. The van der Waals surface area contributed by atoms with Crippen molar-refractivity contribution >= 4 is 0 Å². The SMILES string of the molecule is COCOc1c(OC)cccc1C1(CC#N)[CH]C=C(OC)C=C1. The molecule has 0 spiro atoms. The molecule has 1 aliphatic carbocycles. The van der Waals surface area contributed by atoms with E-state index in [1.165, 1.54) is 0 Å². The molecule has 0 N–H and O–H groups in total. The van der Waals surface area contributed by atoms with E-state index < -0.39 is 5.41 Å². The number of hydrogen-bond acceptors (Lipinski definition) is 5. The largest absolute Gasteiger partial charge is 0.497 e. The number of methoxy groups -OCH3 is 3. The third kappa shape index (κ3) is 3.49. The van der Waals surface area contributed by atoms with Crippen LogP contribution in [-0.2, 0) is 14.9 Å². The van der Waals surface area contributed by atoms with Crippen LogP contribution in [0.25, 0.3) is 0 Å². The molecule has 1 aromatic carbocycles. The molecule has 0 heterocycles. The third-order valence-electron chi connectivity index (χ3n) is 3.72. The van der Waals surface area contributed by atoms with Crippen molar-refractivity contribution in [2.24, 2.45) is 0 Å². The lowest BCUT2D eigenvalue weighted by Gasteiger charge is -2.32. The molecule has 0 aromatic heterocycles. The molecule has 1 aliphatic rings. The predicted octanol–water partition coefficient (Wildman–Crippen LogP) is 3.13. The van der Waals surface area contributed by atoms with Crippen LogP contribution in [0, 0.1) is 17.8 Å². The maximum absolute atomic E-state index is 9.31. The lowest BCUT2D eigenvalue weighted by Crippen LogP contribution is -2.26. The molecule has 2 rings (SSSR count). The predicted molar refractivity (Wildman–Crippen MR) is 85.9 cm³/mol. The van der Waals surface area contributed by atoms with Crippen molar-refractivity contribution in [3.8, 4) is 17.6 Å². The second kappa shape index (κ2) is 7.70. The van der Waals surface area contributed by atoms with Gasteiger partial charge in [0, 0.05) is 30.9 Å². The summed E-state index contributed by atoms with van der Waals surface area (Å²) in [5.41, 5.74) is 0.243. The lowest BCUT2D eigenvalue weighted by atomic mass is 9.72. The summed E-state index contributed by atoms with van der Waals surface area (Å²) in [5.74, 6) is 1.91. The Morgan fingerprint density at radius 3 is 2.57 bits per heavy atom. The fraction of sp³-hybridized carbons (Fsp3) is 0.333. The van der Waals surface area contributed by atoms with Crippen LogP contribution >= 0.6 is 0 Å². The highest BCUT2D eigenvalue weighted by atomic mass is 16.7. The van der Waals surface area contributed by atoms with E-state index in [2.05, 4.69) is 6.07 Å². The summed E-state index contributed by atoms with van der Waals surface area (Å²) < 4.78 is 21.4. The Morgan fingerprint density at radius 2 is 2.00 bits per heavy atom. The molecule has 0 bridgehead atoms. The molecule has 1 atom stereocenters. The molecule has 5 nitrogen and oxygen atoms in total. The molecule has 0 saturated heterocycles. The third-order valence-corrected chi connectivity index (χ3v) is 3.72. The van der Waals surface area contributed by atoms with Gasteiger partial charge in [-0.15, -0.1) is 0 Å². The Kier molecular flexibility index (Phi) is 5.67. The second-order valence-electron chi connectivity index (χ2n) is 5.04. The minimum atomic E-state index is -0.603. The van der Waals surface area contributed by atoms with Gasteiger partial charge >= 0.3 is 0 Å². The van der Waals surface area contributed by atoms with Gasteiger partial charge in [-0.25, -0.2) is 0 Å². The van der Waals surface area contributed by atoms with Gasteiger partial charge in [0.1, 0.15) is 5.76 Å². The summed E-state index contributed by atoms with van der Waals surface area (Å²) in [5, 5.41) is 9.31. The number of ether oxygens (including phenoxy) is 4. The quantitative estimate of drug-likeness (QED) is 0.724. The highest BCUT2D eigenvalue weighted by Gasteiger charge is 2.35. The minimum Gasteiger partial charge on any atom is -0.497 e. The topological polar surface area (TPSA) is 60.7 Å². The first-order valence-corrected chi connectivity index (χ1v) is 7.16. The van der Waals surface area contributed by atoms with E-state index >= 15 is 0 Å². The van der Waals surface area contributed by atoms with Crippen LogP contribution in [0.15, 0.2) is 42.2 Å². The normalized spacial score (nSPS) is 19.7. The van der Waals surface area contributed by atoms with Crippen LogP contribution in [0.4, 0.5) is 0 Å². The Hall–Kier alpha value is -2.45. The van der Waals surface area contributed by atoms with Gasteiger partial charge in [0.25, 0.3) is 0 Å². The molecular weight excluding hydrogens is 294 g/mol. The van der Waals surface area contributed by atoms with Crippen LogP contribution in [0.3, 0.4) is 0 Å². The van der Waals surface area contributed by atoms with Crippen LogP contribution in [-0.4, -0.2) is 28.1 Å². The van der Waals surface area contributed by atoms with Crippen molar-refractivity contribution in [2.75, 3.05) is 28.1 Å². The van der Waals surface area contributed by atoms with Gasteiger partial charge in [-0.05, 0) is 18.2 Å². The number of hydrogen-bond donors (Lipinski definition) is 0. The Bertz CT molecular complexity index is 645. The van der Waals surface area contributed by atoms with Crippen molar-refractivity contribution in [3.63, 3.8) is 0 Å². The zero-order chi connectivity index (χ0) is 16.7. The van der Waals surface area contributed by atoms with Gasteiger partial charge in [-0.2, -0.15) is 5.26 Å². The Labute approximate surface area is 136 Å². The van der Waals surface area contributed by atoms with E-state index in [0.29, 0.717) is 11.5 Å². The molecule has 0 aliphatic heterocycles. The summed E-state index contributed by atoms with van der Waals surface area (Å²) in [7, 11) is 4.75. The highest BCUT2D eigenvalue weighted by molar-refractivity contribution is 5.56. The zero-order valence-corrected chi connectivity index (χ0v) is 13.5. The Morgan fingerprint density at radius 1 is 1.17 bits per heavy atom. The fourth-order valence-electron chi connectivity index (χ4n) is 2.54. The molecule has 0 saturated carbocycles. The fourth-order valence-corrected chi connectivity index (χ4v) is 2.54. The summed E-state index contributed by atoms with van der Waals surface area (Å²) >= 11 is 0. The van der Waals surface area contributed by atoms with E-state index in [0.717, 1.165) is 11.3 Å². The van der Waals surface area contributed by atoms with Crippen LogP contribution < -0.4 is 9.47 Å². The first kappa shape index (κ1) is 16.9. The number of nitriles is 1. The molecule has 0 amide bonds. The minimum absolute atomic E-state index is 0.0961. The summed E-state index contributed by atoms with van der Waals surface area (Å²) in [4.78, 5) is 0. The van der Waals surface area contributed by atoms with Gasteiger partial charge in [0.2, 0.25) is 0 Å². The number of allylic oxidation sites excluding steroid dienone is 3. The maximum atomic E-state index is 9.31. The first-order chi connectivity index (χ1) is 11.2. The van der Waals surface area contributed by atoms with Gasteiger partial charge in [0.15, 0.2) is 18.3 Å². The van der Waals surface area contributed by atoms with Gasteiger partial charge in [-0.3, -0.25) is 0 Å². The molecule has 23 heavy (non-hydrogen) atoms. The molecular formula is C18H20NO4. The second-order valence-corrected chi connectivity index (χ2v) is 5.04. The standard InChI is InChI=1S/C18H20NO4/c1-20-13-23-17-15(5-4-6-16(17)22-3)18(11-12-19)9-7-14(21-2)8-10-18/h4-10H,11,13H2,1-3H3. The molecule has 1 radical (unpaired) electrons. The highest BCUT2D eigenvalue weighted by Crippen LogP contribution is 2.44. The maximum Gasteiger partial charge on any atom is 0.188 e. The van der Waals surface area contributed by atoms with Crippen molar-refractivity contribution in [2.45, 2.75) is 11.8 Å². The Balaban J connectivity index is 2.50. The van der Waals surface area contributed by atoms with Crippen molar-refractivity contribution in [1.29, 1.82) is 5.26 Å². The van der Waals surface area contributed by atoms with Crippen molar-refractivity contribution in [3.05, 3.63) is 54.2 Å².